The predicted molar refractivity (Wildman–Crippen MR) is 84.8 cm³/mol. The minimum absolute atomic E-state index is 1.04. The quantitative estimate of drug-likeness (QED) is 0.714. The van der Waals surface area contributed by atoms with E-state index in [-0.39, 0.29) is 0 Å². The van der Waals surface area contributed by atoms with Gasteiger partial charge in [0.05, 0.1) is 11.0 Å². The molecular formula is C18H26N2. The SMILES string of the molecule is c1ccc2[nH]c(CCCCCC3CCCCC3)nc2c1. The van der Waals surface area contributed by atoms with Gasteiger partial charge in [-0.05, 0) is 24.5 Å². The molecule has 0 aliphatic heterocycles. The topological polar surface area (TPSA) is 28.7 Å². The summed E-state index contributed by atoms with van der Waals surface area (Å²) in [5, 5.41) is 0. The molecule has 1 heterocycles. The average molecular weight is 270 g/mol. The number of aryl methyl sites for hydroxylation is 1. The molecule has 0 unspecified atom stereocenters. The number of para-hydroxylation sites is 2. The molecule has 1 aromatic carbocycles. The highest BCUT2D eigenvalue weighted by Crippen LogP contribution is 2.28. The number of aromatic nitrogens is 2. The standard InChI is InChI=1S/C18H26N2/c1-3-9-15(10-4-1)11-5-2-6-14-18-19-16-12-7-8-13-17(16)20-18/h7-8,12-13,15H,1-6,9-11,14H2,(H,19,20). The number of hydrogen-bond acceptors (Lipinski definition) is 1. The van der Waals surface area contributed by atoms with Gasteiger partial charge in [0.1, 0.15) is 5.82 Å². The van der Waals surface area contributed by atoms with Gasteiger partial charge in [0.25, 0.3) is 0 Å². The van der Waals surface area contributed by atoms with Crippen molar-refractivity contribution in [3.8, 4) is 0 Å². The first-order valence-corrected chi connectivity index (χ1v) is 8.35. The van der Waals surface area contributed by atoms with Crippen molar-refractivity contribution in [3.05, 3.63) is 30.1 Å². The lowest BCUT2D eigenvalue weighted by atomic mass is 9.85. The molecule has 0 atom stereocenters. The van der Waals surface area contributed by atoms with E-state index < -0.39 is 0 Å². The van der Waals surface area contributed by atoms with E-state index in [4.69, 9.17) is 0 Å². The highest BCUT2D eigenvalue weighted by atomic mass is 14.9. The summed E-state index contributed by atoms with van der Waals surface area (Å²) >= 11 is 0. The number of rotatable bonds is 6. The van der Waals surface area contributed by atoms with Crippen LogP contribution < -0.4 is 0 Å². The number of benzene rings is 1. The van der Waals surface area contributed by atoms with Crippen molar-refractivity contribution in [2.24, 2.45) is 5.92 Å². The number of aromatic amines is 1. The Hall–Kier alpha value is -1.31. The molecule has 2 nitrogen and oxygen atoms in total. The van der Waals surface area contributed by atoms with E-state index in [1.807, 2.05) is 0 Å². The molecule has 20 heavy (non-hydrogen) atoms. The lowest BCUT2D eigenvalue weighted by molar-refractivity contribution is 0.328. The molecule has 1 aliphatic carbocycles. The van der Waals surface area contributed by atoms with E-state index in [1.165, 1.54) is 63.3 Å². The molecule has 0 spiro atoms. The van der Waals surface area contributed by atoms with Crippen molar-refractivity contribution in [2.45, 2.75) is 64.2 Å². The maximum Gasteiger partial charge on any atom is 0.107 e. The summed E-state index contributed by atoms with van der Waals surface area (Å²) in [5.41, 5.74) is 2.27. The Morgan fingerprint density at radius 1 is 1.00 bits per heavy atom. The molecule has 108 valence electrons. The Labute approximate surface area is 122 Å². The summed E-state index contributed by atoms with van der Waals surface area (Å²) in [6, 6.07) is 8.30. The Morgan fingerprint density at radius 3 is 2.70 bits per heavy atom. The van der Waals surface area contributed by atoms with Crippen LogP contribution >= 0.6 is 0 Å². The number of imidazole rings is 1. The highest BCUT2D eigenvalue weighted by Gasteiger charge is 2.12. The Bertz CT molecular complexity index is 490. The van der Waals surface area contributed by atoms with E-state index >= 15 is 0 Å². The number of nitrogens with zero attached hydrogens (tertiary/aromatic N) is 1. The fraction of sp³-hybridized carbons (Fsp3) is 0.611. The van der Waals surface area contributed by atoms with Gasteiger partial charge < -0.3 is 4.98 Å². The van der Waals surface area contributed by atoms with Crippen molar-refractivity contribution >= 4 is 11.0 Å². The first-order valence-electron chi connectivity index (χ1n) is 8.35. The van der Waals surface area contributed by atoms with Crippen LogP contribution in [0.25, 0.3) is 11.0 Å². The summed E-state index contributed by atoms with van der Waals surface area (Å²) < 4.78 is 0. The molecule has 0 amide bonds. The van der Waals surface area contributed by atoms with Crippen molar-refractivity contribution in [3.63, 3.8) is 0 Å². The van der Waals surface area contributed by atoms with E-state index in [1.54, 1.807) is 0 Å². The van der Waals surface area contributed by atoms with Crippen LogP contribution in [0.15, 0.2) is 24.3 Å². The largest absolute Gasteiger partial charge is 0.342 e. The molecule has 2 aromatic rings. The summed E-state index contributed by atoms with van der Waals surface area (Å²) in [6.07, 6.45) is 14.0. The van der Waals surface area contributed by atoms with Crippen molar-refractivity contribution in [2.75, 3.05) is 0 Å². The lowest BCUT2D eigenvalue weighted by Gasteiger charge is -2.21. The first-order chi connectivity index (χ1) is 9.92. The maximum atomic E-state index is 4.64. The number of H-pyrrole nitrogens is 1. The van der Waals surface area contributed by atoms with Crippen LogP contribution in [0.1, 0.15) is 63.6 Å². The van der Waals surface area contributed by atoms with Crippen LogP contribution in [0.3, 0.4) is 0 Å². The molecule has 1 aromatic heterocycles. The third kappa shape index (κ3) is 3.62. The van der Waals surface area contributed by atoms with Crippen LogP contribution in [0, 0.1) is 5.92 Å². The predicted octanol–water partition coefficient (Wildman–Crippen LogP) is 5.25. The molecule has 1 fully saturated rings. The summed E-state index contributed by atoms with van der Waals surface area (Å²) in [7, 11) is 0. The molecule has 0 bridgehead atoms. The van der Waals surface area contributed by atoms with Gasteiger partial charge >= 0.3 is 0 Å². The van der Waals surface area contributed by atoms with Gasteiger partial charge in [0, 0.05) is 6.42 Å². The van der Waals surface area contributed by atoms with Crippen LogP contribution in [0.4, 0.5) is 0 Å². The number of hydrogen-bond donors (Lipinski definition) is 1. The van der Waals surface area contributed by atoms with E-state index in [0.29, 0.717) is 0 Å². The summed E-state index contributed by atoms with van der Waals surface area (Å²) in [4.78, 5) is 8.07. The molecule has 1 saturated carbocycles. The fourth-order valence-corrected chi connectivity index (χ4v) is 3.50. The Kier molecular flexibility index (Phi) is 4.73. The van der Waals surface area contributed by atoms with Crippen LogP contribution in [0.5, 0.6) is 0 Å². The van der Waals surface area contributed by atoms with Gasteiger partial charge in [-0.1, -0.05) is 63.5 Å². The number of unbranched alkanes of at least 4 members (excludes halogenated alkanes) is 2. The molecule has 1 N–H and O–H groups in total. The minimum Gasteiger partial charge on any atom is -0.342 e. The van der Waals surface area contributed by atoms with E-state index in [2.05, 4.69) is 34.2 Å². The number of nitrogens with one attached hydrogen (secondary N) is 1. The van der Waals surface area contributed by atoms with Gasteiger partial charge in [0.15, 0.2) is 0 Å². The van der Waals surface area contributed by atoms with Crippen LogP contribution in [-0.2, 0) is 6.42 Å². The third-order valence-corrected chi connectivity index (χ3v) is 4.69. The smallest absolute Gasteiger partial charge is 0.107 e. The monoisotopic (exact) mass is 270 g/mol. The maximum absolute atomic E-state index is 4.64. The van der Waals surface area contributed by atoms with Crippen LogP contribution in [0.2, 0.25) is 0 Å². The molecule has 0 radical (unpaired) electrons. The zero-order chi connectivity index (χ0) is 13.6. The fourth-order valence-electron chi connectivity index (χ4n) is 3.50. The van der Waals surface area contributed by atoms with Gasteiger partial charge in [-0.2, -0.15) is 0 Å². The Balaban J connectivity index is 1.37. The second-order valence-electron chi connectivity index (χ2n) is 6.30. The lowest BCUT2D eigenvalue weighted by Crippen LogP contribution is -2.05. The third-order valence-electron chi connectivity index (χ3n) is 4.69. The molecule has 2 heteroatoms. The van der Waals surface area contributed by atoms with Gasteiger partial charge in [-0.3, -0.25) is 0 Å². The van der Waals surface area contributed by atoms with Crippen molar-refractivity contribution in [1.82, 2.24) is 9.97 Å². The zero-order valence-corrected chi connectivity index (χ0v) is 12.4. The minimum atomic E-state index is 1.04. The first kappa shape index (κ1) is 13.7. The van der Waals surface area contributed by atoms with Crippen molar-refractivity contribution < 1.29 is 0 Å². The van der Waals surface area contributed by atoms with Gasteiger partial charge in [-0.25, -0.2) is 4.98 Å². The summed E-state index contributed by atoms with van der Waals surface area (Å²) in [6.45, 7) is 0. The number of fused-ring (bicyclic) bond motifs is 1. The van der Waals surface area contributed by atoms with Gasteiger partial charge in [-0.15, -0.1) is 0 Å². The van der Waals surface area contributed by atoms with E-state index in [9.17, 15) is 0 Å². The highest BCUT2D eigenvalue weighted by molar-refractivity contribution is 5.74. The second-order valence-corrected chi connectivity index (χ2v) is 6.30. The van der Waals surface area contributed by atoms with Crippen LogP contribution in [-0.4, -0.2) is 9.97 Å². The molecule has 1 aliphatic rings. The van der Waals surface area contributed by atoms with Crippen molar-refractivity contribution in [1.29, 1.82) is 0 Å². The second kappa shape index (κ2) is 6.92. The molecule has 0 saturated heterocycles. The molecule has 3 rings (SSSR count). The summed E-state index contributed by atoms with van der Waals surface area (Å²) in [5.74, 6) is 2.19. The normalized spacial score (nSPS) is 16.8. The average Bonchev–Trinajstić information content (AvgIpc) is 2.90. The molecular weight excluding hydrogens is 244 g/mol. The zero-order valence-electron chi connectivity index (χ0n) is 12.4. The Morgan fingerprint density at radius 2 is 1.85 bits per heavy atom. The van der Waals surface area contributed by atoms with E-state index in [0.717, 1.165) is 23.7 Å². The van der Waals surface area contributed by atoms with Gasteiger partial charge in [0.2, 0.25) is 0 Å².